The number of aliphatic hydroxyl groups excluding tert-OH is 1. The zero-order valence-electron chi connectivity index (χ0n) is 12.1. The zero-order chi connectivity index (χ0) is 13.5. The Morgan fingerprint density at radius 3 is 2.17 bits per heavy atom. The Balaban J connectivity index is 2.43. The van der Waals surface area contributed by atoms with Gasteiger partial charge in [-0.1, -0.05) is 27.7 Å². The number of aliphatic hydroxyl groups is 1. The second kappa shape index (κ2) is 7.54. The maximum Gasteiger partial charge on any atom is 0.0862 e. The standard InChI is InChI=1S/C14H27N3O/c1-12(2)8-16(9-13(3)4)10-14(18)11-17-7-5-6-15-17/h5-7,12-14,18H,8-11H2,1-4H3/t14-/m0/s1. The minimum Gasteiger partial charge on any atom is -0.390 e. The molecule has 0 saturated carbocycles. The van der Waals surface area contributed by atoms with E-state index in [1.807, 2.05) is 12.3 Å². The first-order valence-corrected chi connectivity index (χ1v) is 6.85. The van der Waals surface area contributed by atoms with Gasteiger partial charge < -0.3 is 10.0 Å². The van der Waals surface area contributed by atoms with Gasteiger partial charge in [0.1, 0.15) is 0 Å². The van der Waals surface area contributed by atoms with E-state index in [0.717, 1.165) is 19.6 Å². The normalized spacial score (nSPS) is 13.8. The summed E-state index contributed by atoms with van der Waals surface area (Å²) in [5.74, 6) is 1.25. The van der Waals surface area contributed by atoms with Crippen LogP contribution in [0.3, 0.4) is 0 Å². The SMILES string of the molecule is CC(C)CN(CC(C)C)C[C@H](O)Cn1cccn1. The third kappa shape index (κ3) is 6.17. The maximum absolute atomic E-state index is 10.1. The monoisotopic (exact) mass is 253 g/mol. The van der Waals surface area contributed by atoms with Gasteiger partial charge in [0.25, 0.3) is 0 Å². The summed E-state index contributed by atoms with van der Waals surface area (Å²) in [4.78, 5) is 2.35. The summed E-state index contributed by atoms with van der Waals surface area (Å²) >= 11 is 0. The smallest absolute Gasteiger partial charge is 0.0862 e. The van der Waals surface area contributed by atoms with Crippen LogP contribution in [0.2, 0.25) is 0 Å². The molecule has 0 fully saturated rings. The highest BCUT2D eigenvalue weighted by atomic mass is 16.3. The predicted molar refractivity (Wildman–Crippen MR) is 74.3 cm³/mol. The van der Waals surface area contributed by atoms with Crippen molar-refractivity contribution in [2.45, 2.75) is 40.3 Å². The molecular weight excluding hydrogens is 226 g/mol. The van der Waals surface area contributed by atoms with Crippen LogP contribution in [0.5, 0.6) is 0 Å². The Hall–Kier alpha value is -0.870. The lowest BCUT2D eigenvalue weighted by molar-refractivity contribution is 0.0834. The van der Waals surface area contributed by atoms with Crippen molar-refractivity contribution in [3.63, 3.8) is 0 Å². The van der Waals surface area contributed by atoms with E-state index in [9.17, 15) is 5.11 Å². The predicted octanol–water partition coefficient (Wildman–Crippen LogP) is 1.86. The Labute approximate surface area is 111 Å². The maximum atomic E-state index is 10.1. The third-order valence-electron chi connectivity index (χ3n) is 2.67. The van der Waals surface area contributed by atoms with Crippen LogP contribution in [-0.2, 0) is 6.54 Å². The molecular formula is C14H27N3O. The van der Waals surface area contributed by atoms with Crippen molar-refractivity contribution in [3.05, 3.63) is 18.5 Å². The van der Waals surface area contributed by atoms with Crippen LogP contribution >= 0.6 is 0 Å². The molecule has 0 bridgehead atoms. The zero-order valence-corrected chi connectivity index (χ0v) is 12.1. The van der Waals surface area contributed by atoms with Crippen molar-refractivity contribution in [1.82, 2.24) is 14.7 Å². The molecule has 1 aromatic rings. The molecule has 0 radical (unpaired) electrons. The van der Waals surface area contributed by atoms with Crippen molar-refractivity contribution in [1.29, 1.82) is 0 Å². The van der Waals surface area contributed by atoms with Gasteiger partial charge in [-0.15, -0.1) is 0 Å². The van der Waals surface area contributed by atoms with E-state index in [0.29, 0.717) is 18.4 Å². The molecule has 1 rings (SSSR count). The van der Waals surface area contributed by atoms with Gasteiger partial charge in [0.2, 0.25) is 0 Å². The lowest BCUT2D eigenvalue weighted by atomic mass is 10.1. The number of hydrogen-bond donors (Lipinski definition) is 1. The fourth-order valence-electron chi connectivity index (χ4n) is 2.24. The van der Waals surface area contributed by atoms with E-state index < -0.39 is 0 Å². The average molecular weight is 253 g/mol. The second-order valence-electron chi connectivity index (χ2n) is 5.89. The number of nitrogens with zero attached hydrogens (tertiary/aromatic N) is 3. The van der Waals surface area contributed by atoms with E-state index in [4.69, 9.17) is 0 Å². The molecule has 1 atom stereocenters. The fourth-order valence-corrected chi connectivity index (χ4v) is 2.24. The van der Waals surface area contributed by atoms with Crippen LogP contribution < -0.4 is 0 Å². The number of hydrogen-bond acceptors (Lipinski definition) is 3. The lowest BCUT2D eigenvalue weighted by Gasteiger charge is -2.28. The van der Waals surface area contributed by atoms with Gasteiger partial charge in [0, 0.05) is 32.0 Å². The summed E-state index contributed by atoms with van der Waals surface area (Å²) in [7, 11) is 0. The van der Waals surface area contributed by atoms with Gasteiger partial charge in [-0.25, -0.2) is 0 Å². The van der Waals surface area contributed by atoms with Crippen LogP contribution in [0.4, 0.5) is 0 Å². The minimum atomic E-state index is -0.359. The van der Waals surface area contributed by atoms with Crippen LogP contribution in [-0.4, -0.2) is 45.5 Å². The number of aromatic nitrogens is 2. The molecule has 0 spiro atoms. The largest absolute Gasteiger partial charge is 0.390 e. The van der Waals surface area contributed by atoms with Gasteiger partial charge in [-0.2, -0.15) is 5.10 Å². The topological polar surface area (TPSA) is 41.3 Å². The molecule has 4 heteroatoms. The summed E-state index contributed by atoms with van der Waals surface area (Å²) in [5.41, 5.74) is 0. The summed E-state index contributed by atoms with van der Waals surface area (Å²) < 4.78 is 1.79. The molecule has 0 amide bonds. The molecule has 18 heavy (non-hydrogen) atoms. The quantitative estimate of drug-likeness (QED) is 0.769. The summed E-state index contributed by atoms with van der Waals surface area (Å²) in [6.45, 7) is 12.2. The summed E-state index contributed by atoms with van der Waals surface area (Å²) in [6, 6.07) is 1.88. The molecule has 0 aliphatic heterocycles. The van der Waals surface area contributed by atoms with Crippen molar-refractivity contribution in [2.75, 3.05) is 19.6 Å². The molecule has 0 unspecified atom stereocenters. The van der Waals surface area contributed by atoms with Crippen LogP contribution in [0.15, 0.2) is 18.5 Å². The molecule has 104 valence electrons. The van der Waals surface area contributed by atoms with Gasteiger partial charge in [0.15, 0.2) is 0 Å². The molecule has 1 heterocycles. The molecule has 1 aromatic heterocycles. The second-order valence-corrected chi connectivity index (χ2v) is 5.89. The highest BCUT2D eigenvalue weighted by molar-refractivity contribution is 4.79. The fraction of sp³-hybridized carbons (Fsp3) is 0.786. The lowest BCUT2D eigenvalue weighted by Crippen LogP contribution is -2.39. The first-order valence-electron chi connectivity index (χ1n) is 6.85. The molecule has 0 saturated heterocycles. The Morgan fingerprint density at radius 2 is 1.72 bits per heavy atom. The summed E-state index contributed by atoms with van der Waals surface area (Å²) in [5, 5.41) is 14.2. The Morgan fingerprint density at radius 1 is 1.11 bits per heavy atom. The van der Waals surface area contributed by atoms with Gasteiger partial charge >= 0.3 is 0 Å². The van der Waals surface area contributed by atoms with Crippen LogP contribution in [0, 0.1) is 11.8 Å². The average Bonchev–Trinajstić information content (AvgIpc) is 2.67. The Bertz CT molecular complexity index is 299. The first kappa shape index (κ1) is 15.2. The van der Waals surface area contributed by atoms with Gasteiger partial charge in [-0.3, -0.25) is 4.68 Å². The van der Waals surface area contributed by atoms with E-state index >= 15 is 0 Å². The highest BCUT2D eigenvalue weighted by Gasteiger charge is 2.14. The van der Waals surface area contributed by atoms with Gasteiger partial charge in [0.05, 0.1) is 12.6 Å². The van der Waals surface area contributed by atoms with E-state index in [1.165, 1.54) is 0 Å². The molecule has 0 aliphatic carbocycles. The van der Waals surface area contributed by atoms with E-state index in [2.05, 4.69) is 37.7 Å². The van der Waals surface area contributed by atoms with Crippen molar-refractivity contribution >= 4 is 0 Å². The highest BCUT2D eigenvalue weighted by Crippen LogP contribution is 2.05. The van der Waals surface area contributed by atoms with Crippen LogP contribution in [0.25, 0.3) is 0 Å². The van der Waals surface area contributed by atoms with Crippen molar-refractivity contribution in [2.24, 2.45) is 11.8 Å². The van der Waals surface area contributed by atoms with Crippen LogP contribution in [0.1, 0.15) is 27.7 Å². The molecule has 0 aromatic carbocycles. The third-order valence-corrected chi connectivity index (χ3v) is 2.67. The molecule has 1 N–H and O–H groups in total. The van der Waals surface area contributed by atoms with E-state index in [1.54, 1.807) is 10.9 Å². The number of rotatable bonds is 8. The van der Waals surface area contributed by atoms with Crippen molar-refractivity contribution in [3.8, 4) is 0 Å². The molecule has 0 aliphatic rings. The van der Waals surface area contributed by atoms with Crippen molar-refractivity contribution < 1.29 is 5.11 Å². The first-order chi connectivity index (χ1) is 8.47. The Kier molecular flexibility index (Phi) is 6.36. The van der Waals surface area contributed by atoms with E-state index in [-0.39, 0.29) is 6.10 Å². The minimum absolute atomic E-state index is 0.359. The van der Waals surface area contributed by atoms with Gasteiger partial charge in [-0.05, 0) is 17.9 Å². The molecule has 4 nitrogen and oxygen atoms in total. The summed E-state index contributed by atoms with van der Waals surface area (Å²) in [6.07, 6.45) is 3.27.